The van der Waals surface area contributed by atoms with Crippen molar-refractivity contribution in [2.45, 2.75) is 0 Å². The SMILES string of the molecule is [Nb].[Nb].[Nb].[Nb].[Nb].[Nb].[Sn].[Sn].[Sn].[Sn].[Sn]. The zero-order valence-corrected chi connectivity index (χ0v) is 32.6. The summed E-state index contributed by atoms with van der Waals surface area (Å²) in [7, 11) is 0. The van der Waals surface area contributed by atoms with Crippen LogP contribution in [0.2, 0.25) is 0 Å². The van der Waals surface area contributed by atoms with Gasteiger partial charge in [-0.25, -0.2) is 0 Å². The molecular weight excluding hydrogens is 1150 g/mol. The molecule has 0 N–H and O–H groups in total. The van der Waals surface area contributed by atoms with E-state index in [1.165, 1.54) is 0 Å². The first-order chi connectivity index (χ1) is 0. The second kappa shape index (κ2) is 78.8. The summed E-state index contributed by atoms with van der Waals surface area (Å²) in [6.45, 7) is 0. The average Bonchev–Trinajstić information content (AvgIpc) is 0. The molecule has 0 atom stereocenters. The minimum absolute atomic E-state index is 0. The second-order valence-electron chi connectivity index (χ2n) is 0. The number of rotatable bonds is 0. The summed E-state index contributed by atoms with van der Waals surface area (Å²) in [5, 5.41) is 0. The summed E-state index contributed by atoms with van der Waals surface area (Å²) in [5.41, 5.74) is 0. The summed E-state index contributed by atoms with van der Waals surface area (Å²) < 4.78 is 0. The summed E-state index contributed by atoms with van der Waals surface area (Å²) >= 11 is 0. The van der Waals surface area contributed by atoms with E-state index in [2.05, 4.69) is 0 Å². The van der Waals surface area contributed by atoms with E-state index in [0.29, 0.717) is 0 Å². The molecule has 0 aromatic rings. The van der Waals surface area contributed by atoms with Crippen molar-refractivity contribution in [3.05, 3.63) is 0 Å². The molecule has 0 saturated carbocycles. The maximum Gasteiger partial charge on any atom is 0 e. The van der Waals surface area contributed by atoms with Crippen molar-refractivity contribution in [3.8, 4) is 0 Å². The number of hydrogen-bond donors (Lipinski definition) is 0. The molecule has 0 spiro atoms. The normalized spacial score (nSPS) is 0. The Bertz CT molecular complexity index is 10.9. The molecule has 0 amide bonds. The average molecular weight is 1150 g/mol. The standard InChI is InChI=1S/6Nb.5Sn. The molecule has 0 fully saturated rings. The molecule has 11 heteroatoms. The minimum atomic E-state index is 0. The maximum atomic E-state index is 0. The van der Waals surface area contributed by atoms with Gasteiger partial charge >= 0.3 is 0 Å². The molecule has 0 saturated heterocycles. The first kappa shape index (κ1) is 92.8. The van der Waals surface area contributed by atoms with E-state index in [-0.39, 0.29) is 254 Å². The van der Waals surface area contributed by atoms with Crippen LogP contribution in [0.4, 0.5) is 0 Å². The number of hydrogen-bond acceptors (Lipinski definition) is 0. The fourth-order valence-corrected chi connectivity index (χ4v) is 0. The van der Waals surface area contributed by atoms with Gasteiger partial charge in [0.05, 0.1) is 0 Å². The van der Waals surface area contributed by atoms with Gasteiger partial charge < -0.3 is 0 Å². The van der Waals surface area contributed by atoms with Gasteiger partial charge in [0, 0.05) is 254 Å². The van der Waals surface area contributed by atoms with Crippen molar-refractivity contribution in [2.75, 3.05) is 0 Å². The van der Waals surface area contributed by atoms with Gasteiger partial charge in [0.1, 0.15) is 0 Å². The molecule has 11 heavy (non-hydrogen) atoms. The van der Waals surface area contributed by atoms with Gasteiger partial charge in [-0.3, -0.25) is 0 Å². The minimum Gasteiger partial charge on any atom is 0 e. The Morgan fingerprint density at radius 2 is 0.182 bits per heavy atom. The molecule has 26 radical (unpaired) electrons. The van der Waals surface area contributed by atoms with E-state index in [1.807, 2.05) is 0 Å². The molecule has 0 rings (SSSR count). The molecule has 0 aliphatic carbocycles. The van der Waals surface area contributed by atoms with Crippen LogP contribution in [-0.4, -0.2) is 120 Å². The fraction of sp³-hybridized carbons (Fsp3) is 0. The van der Waals surface area contributed by atoms with Crippen molar-refractivity contribution in [3.63, 3.8) is 0 Å². The van der Waals surface area contributed by atoms with Crippen molar-refractivity contribution in [2.24, 2.45) is 0 Å². The van der Waals surface area contributed by atoms with E-state index in [4.69, 9.17) is 0 Å². The molecule has 0 heterocycles. The van der Waals surface area contributed by atoms with E-state index in [0.717, 1.165) is 0 Å². The molecule has 0 aromatic carbocycles. The van der Waals surface area contributed by atoms with E-state index < -0.39 is 0 Å². The summed E-state index contributed by atoms with van der Waals surface area (Å²) in [6.07, 6.45) is 0. The van der Waals surface area contributed by atoms with E-state index in [1.54, 1.807) is 0 Å². The Hall–Kier alpha value is 8.44. The van der Waals surface area contributed by atoms with Crippen molar-refractivity contribution in [1.29, 1.82) is 0 Å². The van der Waals surface area contributed by atoms with Crippen LogP contribution in [0.5, 0.6) is 0 Å². The Morgan fingerprint density at radius 3 is 0.182 bits per heavy atom. The zero-order chi connectivity index (χ0) is 0. The Morgan fingerprint density at radius 1 is 0.182 bits per heavy atom. The van der Waals surface area contributed by atoms with Crippen LogP contribution in [0.25, 0.3) is 0 Å². The Labute approximate surface area is 247 Å². The molecule has 0 unspecified atom stereocenters. The summed E-state index contributed by atoms with van der Waals surface area (Å²) in [5.74, 6) is 0. The van der Waals surface area contributed by atoms with Crippen LogP contribution < -0.4 is 0 Å². The van der Waals surface area contributed by atoms with Crippen molar-refractivity contribution in [1.82, 2.24) is 0 Å². The largest absolute Gasteiger partial charge is 0 e. The van der Waals surface area contributed by atoms with Gasteiger partial charge in [0.15, 0.2) is 0 Å². The summed E-state index contributed by atoms with van der Waals surface area (Å²) in [6, 6.07) is 0. The van der Waals surface area contributed by atoms with Gasteiger partial charge in [-0.2, -0.15) is 0 Å². The predicted molar refractivity (Wildman–Crippen MR) is 28.8 cm³/mol. The van der Waals surface area contributed by atoms with E-state index in [9.17, 15) is 0 Å². The molecule has 0 aliphatic heterocycles. The third-order valence-corrected chi connectivity index (χ3v) is 0. The first-order valence-corrected chi connectivity index (χ1v) is 0. The molecular formula is Nb6Sn5. The summed E-state index contributed by atoms with van der Waals surface area (Å²) in [4.78, 5) is 0. The maximum absolute atomic E-state index is 0. The molecule has 0 bridgehead atoms. The predicted octanol–water partition coefficient (Wildman–Crippen LogP) is -1.92. The van der Waals surface area contributed by atoms with Crippen LogP contribution in [0.3, 0.4) is 0 Å². The smallest absolute Gasteiger partial charge is 0 e. The zero-order valence-electron chi connectivity index (χ0n) is 5.18. The first-order valence-electron chi connectivity index (χ1n) is 0. The van der Waals surface area contributed by atoms with Crippen LogP contribution >= 0.6 is 0 Å². The van der Waals surface area contributed by atoms with Crippen LogP contribution in [-0.2, 0) is 134 Å². The third kappa shape index (κ3) is 70.0. The molecule has 50 valence electrons. The second-order valence-corrected chi connectivity index (χ2v) is 0. The van der Waals surface area contributed by atoms with Gasteiger partial charge in [0.2, 0.25) is 0 Å². The fourth-order valence-electron chi connectivity index (χ4n) is 0. The third-order valence-electron chi connectivity index (χ3n) is 0. The molecule has 0 aromatic heterocycles. The van der Waals surface area contributed by atoms with Crippen molar-refractivity contribution < 1.29 is 134 Å². The van der Waals surface area contributed by atoms with E-state index >= 15 is 0 Å². The Balaban J connectivity index is 0. The van der Waals surface area contributed by atoms with Crippen LogP contribution in [0.1, 0.15) is 0 Å². The Kier molecular flexibility index (Phi) is 665. The van der Waals surface area contributed by atoms with Gasteiger partial charge in [-0.15, -0.1) is 0 Å². The van der Waals surface area contributed by atoms with Gasteiger partial charge in [-0.05, 0) is 0 Å². The van der Waals surface area contributed by atoms with Crippen LogP contribution in [0.15, 0.2) is 0 Å². The van der Waals surface area contributed by atoms with Gasteiger partial charge in [0.25, 0.3) is 0 Å². The van der Waals surface area contributed by atoms with Crippen LogP contribution in [0, 0.1) is 0 Å². The molecule has 0 aliphatic rings. The van der Waals surface area contributed by atoms with Crippen molar-refractivity contribution >= 4 is 120 Å². The van der Waals surface area contributed by atoms with Gasteiger partial charge in [-0.1, -0.05) is 0 Å². The quantitative estimate of drug-likeness (QED) is 0.249. The molecule has 0 nitrogen and oxygen atoms in total. The topological polar surface area (TPSA) is 0 Å². The monoisotopic (exact) mass is 1160 g/mol.